The van der Waals surface area contributed by atoms with E-state index in [0.29, 0.717) is 22.9 Å². The Morgan fingerprint density at radius 1 is 1.08 bits per heavy atom. The summed E-state index contributed by atoms with van der Waals surface area (Å²) < 4.78 is 26.5. The molecule has 0 aromatic heterocycles. The minimum atomic E-state index is -3.50. The van der Waals surface area contributed by atoms with Gasteiger partial charge in [-0.1, -0.05) is 54.4 Å². The molecule has 1 heterocycles. The van der Waals surface area contributed by atoms with Crippen LogP contribution in [0.3, 0.4) is 0 Å². The summed E-state index contributed by atoms with van der Waals surface area (Å²) in [5, 5.41) is 10.4. The fourth-order valence-corrected chi connectivity index (χ4v) is 7.49. The molecule has 0 spiro atoms. The van der Waals surface area contributed by atoms with Crippen molar-refractivity contribution in [3.63, 3.8) is 0 Å². The molecule has 9 heteroatoms. The van der Waals surface area contributed by atoms with Crippen LogP contribution in [0.4, 0.5) is 0 Å². The van der Waals surface area contributed by atoms with Crippen LogP contribution in [0, 0.1) is 11.3 Å². The predicted octanol–water partition coefficient (Wildman–Crippen LogP) is 6.52. The number of amides is 1. The van der Waals surface area contributed by atoms with Gasteiger partial charge in [-0.15, -0.1) is 0 Å². The molecule has 4 rings (SSSR count). The highest BCUT2D eigenvalue weighted by Gasteiger charge is 2.56. The quantitative estimate of drug-likeness (QED) is 0.345. The third kappa shape index (κ3) is 5.90. The van der Waals surface area contributed by atoms with Gasteiger partial charge >= 0.3 is 5.97 Å². The number of aliphatic carboxylic acids is 1. The van der Waals surface area contributed by atoms with Crippen LogP contribution < -0.4 is 0 Å². The van der Waals surface area contributed by atoms with Gasteiger partial charge < -0.3 is 10.0 Å². The maximum Gasteiger partial charge on any atom is 0.304 e. The van der Waals surface area contributed by atoms with Gasteiger partial charge in [-0.2, -0.15) is 0 Å². The molecule has 1 saturated carbocycles. The van der Waals surface area contributed by atoms with Crippen LogP contribution in [0.15, 0.2) is 48.5 Å². The molecular weight excluding hydrogens is 545 g/mol. The molecule has 2 aromatic rings. The summed E-state index contributed by atoms with van der Waals surface area (Å²) in [6.07, 6.45) is 1.97. The summed E-state index contributed by atoms with van der Waals surface area (Å²) in [5.74, 6) is -1.74. The van der Waals surface area contributed by atoms with Crippen LogP contribution in [-0.2, 0) is 19.4 Å². The Hall–Kier alpha value is -2.09. The molecule has 0 radical (unpaired) electrons. The van der Waals surface area contributed by atoms with Crippen LogP contribution >= 0.6 is 23.2 Å². The highest BCUT2D eigenvalue weighted by atomic mass is 35.5. The van der Waals surface area contributed by atoms with Gasteiger partial charge in [0.1, 0.15) is 0 Å². The van der Waals surface area contributed by atoms with Crippen LogP contribution in [0.25, 0.3) is 0 Å². The SMILES string of the molecule is CC[C@]1(CC(=O)O)C[C@H](c2cccc(Cl)c2)[C@@H](c2ccc(Cl)cc2)N(C(CS(=O)(=O)C(C)C)C2CC2)C1=O. The zero-order valence-corrected chi connectivity index (χ0v) is 24.3. The first-order chi connectivity index (χ1) is 17.9. The van der Waals surface area contributed by atoms with E-state index in [-0.39, 0.29) is 29.9 Å². The number of sulfone groups is 1. The van der Waals surface area contributed by atoms with Crippen molar-refractivity contribution in [3.05, 3.63) is 69.7 Å². The van der Waals surface area contributed by atoms with E-state index in [9.17, 15) is 23.1 Å². The van der Waals surface area contributed by atoms with Gasteiger partial charge in [-0.25, -0.2) is 8.42 Å². The van der Waals surface area contributed by atoms with E-state index < -0.39 is 38.6 Å². The predicted molar refractivity (Wildman–Crippen MR) is 150 cm³/mol. The topological polar surface area (TPSA) is 91.8 Å². The maximum absolute atomic E-state index is 14.6. The number of halogens is 2. The van der Waals surface area contributed by atoms with Crippen molar-refractivity contribution in [1.29, 1.82) is 0 Å². The Morgan fingerprint density at radius 2 is 1.74 bits per heavy atom. The third-order valence-corrected chi connectivity index (χ3v) is 11.0. The molecule has 0 bridgehead atoms. The van der Waals surface area contributed by atoms with Gasteiger partial charge in [0.15, 0.2) is 9.84 Å². The van der Waals surface area contributed by atoms with Crippen molar-refractivity contribution in [2.24, 2.45) is 11.3 Å². The number of carboxylic acid groups (broad SMARTS) is 1. The molecule has 1 amide bonds. The molecule has 2 aliphatic rings. The summed E-state index contributed by atoms with van der Waals surface area (Å²) in [4.78, 5) is 28.4. The average Bonchev–Trinajstić information content (AvgIpc) is 3.69. The second-order valence-electron chi connectivity index (χ2n) is 11.1. The van der Waals surface area contributed by atoms with E-state index in [1.165, 1.54) is 0 Å². The molecule has 2 aromatic carbocycles. The van der Waals surface area contributed by atoms with E-state index in [1.54, 1.807) is 36.9 Å². The molecule has 1 N–H and O–H groups in total. The number of rotatable bonds is 10. The lowest BCUT2D eigenvalue weighted by molar-refractivity contribution is -0.162. The van der Waals surface area contributed by atoms with Gasteiger partial charge in [0.2, 0.25) is 5.91 Å². The molecule has 38 heavy (non-hydrogen) atoms. The van der Waals surface area contributed by atoms with E-state index >= 15 is 0 Å². The molecule has 1 aliphatic heterocycles. The first-order valence-corrected chi connectivity index (χ1v) is 15.6. The summed E-state index contributed by atoms with van der Waals surface area (Å²) in [5.41, 5.74) is 0.552. The number of hydrogen-bond donors (Lipinski definition) is 1. The van der Waals surface area contributed by atoms with Gasteiger partial charge in [0.25, 0.3) is 0 Å². The fraction of sp³-hybridized carbons (Fsp3) is 0.517. The molecule has 1 aliphatic carbocycles. The van der Waals surface area contributed by atoms with Gasteiger partial charge in [-0.05, 0) is 80.8 Å². The lowest BCUT2D eigenvalue weighted by Crippen LogP contribution is -2.59. The van der Waals surface area contributed by atoms with Crippen molar-refractivity contribution >= 4 is 44.9 Å². The fourth-order valence-electron chi connectivity index (χ4n) is 5.87. The lowest BCUT2D eigenvalue weighted by atomic mass is 9.65. The number of hydrogen-bond acceptors (Lipinski definition) is 4. The molecule has 206 valence electrons. The standard InChI is InChI=1S/C29H35Cl2NO5S/c1-4-29(16-26(33)34)15-24(21-6-5-7-23(31)14-21)27(20-10-12-22(30)13-11-20)32(28(29)35)25(19-8-9-19)17-38(36,37)18(2)3/h5-7,10-14,18-19,24-25,27H,4,8-9,15-17H2,1-3H3,(H,33,34)/t24-,25?,27-,29-/m1/s1. The second kappa shape index (κ2) is 11.2. The number of nitrogens with zero attached hydrogens (tertiary/aromatic N) is 1. The molecule has 6 nitrogen and oxygen atoms in total. The summed E-state index contributed by atoms with van der Waals surface area (Å²) in [7, 11) is -3.50. The maximum atomic E-state index is 14.6. The van der Waals surface area contributed by atoms with E-state index in [0.717, 1.165) is 24.0 Å². The van der Waals surface area contributed by atoms with Crippen LogP contribution in [0.5, 0.6) is 0 Å². The Morgan fingerprint density at radius 3 is 2.26 bits per heavy atom. The smallest absolute Gasteiger partial charge is 0.304 e. The summed E-state index contributed by atoms with van der Waals surface area (Å²) in [6.45, 7) is 5.15. The number of benzene rings is 2. The van der Waals surface area contributed by atoms with Crippen LogP contribution in [0.2, 0.25) is 10.0 Å². The number of likely N-dealkylation sites (tertiary alicyclic amines) is 1. The lowest BCUT2D eigenvalue weighted by Gasteiger charge is -2.53. The Kier molecular flexibility index (Phi) is 8.51. The number of piperidine rings is 1. The van der Waals surface area contributed by atoms with E-state index in [4.69, 9.17) is 23.2 Å². The van der Waals surface area contributed by atoms with E-state index in [2.05, 4.69) is 0 Å². The summed E-state index contributed by atoms with van der Waals surface area (Å²) >= 11 is 12.6. The molecular formula is C29H35Cl2NO5S. The van der Waals surface area contributed by atoms with E-state index in [1.807, 2.05) is 37.3 Å². The number of carbonyl (C=O) groups excluding carboxylic acids is 1. The van der Waals surface area contributed by atoms with Crippen molar-refractivity contribution in [3.8, 4) is 0 Å². The third-order valence-electron chi connectivity index (χ3n) is 8.28. The van der Waals surface area contributed by atoms with Crippen LogP contribution in [0.1, 0.15) is 76.0 Å². The van der Waals surface area contributed by atoms with Crippen LogP contribution in [-0.4, -0.2) is 47.3 Å². The largest absolute Gasteiger partial charge is 0.481 e. The highest BCUT2D eigenvalue weighted by Crippen LogP contribution is 2.55. The second-order valence-corrected chi connectivity index (χ2v) is 14.5. The monoisotopic (exact) mass is 579 g/mol. The minimum absolute atomic E-state index is 0.0415. The normalized spacial score (nSPS) is 25.0. The number of carbonyl (C=O) groups is 2. The van der Waals surface area contributed by atoms with Gasteiger partial charge in [-0.3, -0.25) is 9.59 Å². The molecule has 2 fully saturated rings. The Bertz CT molecular complexity index is 1290. The molecule has 1 saturated heterocycles. The van der Waals surface area contributed by atoms with Gasteiger partial charge in [0.05, 0.1) is 28.9 Å². The zero-order chi connectivity index (χ0) is 27.8. The van der Waals surface area contributed by atoms with Crippen molar-refractivity contribution in [2.45, 2.75) is 76.1 Å². The Labute approximate surface area is 235 Å². The first kappa shape index (κ1) is 28.9. The number of carboxylic acids is 1. The summed E-state index contributed by atoms with van der Waals surface area (Å²) in [6, 6.07) is 13.7. The minimum Gasteiger partial charge on any atom is -0.481 e. The molecule has 4 atom stereocenters. The molecule has 1 unspecified atom stereocenters. The first-order valence-electron chi connectivity index (χ1n) is 13.2. The van der Waals surface area contributed by atoms with Crippen molar-refractivity contribution in [2.75, 3.05) is 5.75 Å². The van der Waals surface area contributed by atoms with Gasteiger partial charge in [0, 0.05) is 22.0 Å². The highest BCUT2D eigenvalue weighted by molar-refractivity contribution is 7.92. The van der Waals surface area contributed by atoms with Crippen molar-refractivity contribution in [1.82, 2.24) is 4.90 Å². The average molecular weight is 581 g/mol. The van der Waals surface area contributed by atoms with Crippen molar-refractivity contribution < 1.29 is 23.1 Å². The zero-order valence-electron chi connectivity index (χ0n) is 21.9. The Balaban J connectivity index is 1.96.